The number of aromatic nitrogens is 5. The molecule has 0 aliphatic rings. The summed E-state index contributed by atoms with van der Waals surface area (Å²) in [6.45, 7) is 1.65. The van der Waals surface area contributed by atoms with Gasteiger partial charge in [0.1, 0.15) is 29.9 Å². The van der Waals surface area contributed by atoms with Crippen LogP contribution in [0.1, 0.15) is 29.7 Å². The quantitative estimate of drug-likeness (QED) is 0.427. The maximum Gasteiger partial charge on any atom is 0.137 e. The van der Waals surface area contributed by atoms with Crippen molar-refractivity contribution in [1.82, 2.24) is 24.5 Å². The van der Waals surface area contributed by atoms with Gasteiger partial charge in [-0.05, 0) is 49.1 Å². The smallest absolute Gasteiger partial charge is 0.137 e. The van der Waals surface area contributed by atoms with Crippen LogP contribution in [0.5, 0.6) is 0 Å². The Hall–Kier alpha value is -3.10. The van der Waals surface area contributed by atoms with Crippen LogP contribution < -0.4 is 0 Å². The van der Waals surface area contributed by atoms with Crippen LogP contribution in [0.25, 0.3) is 0 Å². The SMILES string of the molecule is C[C@@H](n1cc(CCc2ccc(Cl)cc2)cn1)[C@](O)(Cn1cncn1)c1ccc(F)cc1F. The van der Waals surface area contributed by atoms with E-state index in [2.05, 4.69) is 15.2 Å². The highest BCUT2D eigenvalue weighted by Gasteiger charge is 2.40. The third kappa shape index (κ3) is 4.71. The summed E-state index contributed by atoms with van der Waals surface area (Å²) in [6, 6.07) is 10.1. The molecule has 4 aromatic rings. The van der Waals surface area contributed by atoms with Crippen molar-refractivity contribution >= 4 is 11.6 Å². The summed E-state index contributed by atoms with van der Waals surface area (Å²) in [5.41, 5.74) is 0.311. The molecule has 0 fully saturated rings. The Labute approximate surface area is 189 Å². The van der Waals surface area contributed by atoms with Crippen molar-refractivity contribution in [2.24, 2.45) is 0 Å². The second-order valence-corrected chi connectivity index (χ2v) is 8.21. The Balaban J connectivity index is 1.59. The highest BCUT2D eigenvalue weighted by Crippen LogP contribution is 2.36. The number of aryl methyl sites for hydroxylation is 2. The van der Waals surface area contributed by atoms with Gasteiger partial charge in [-0.2, -0.15) is 10.2 Å². The van der Waals surface area contributed by atoms with E-state index in [1.807, 2.05) is 30.5 Å². The van der Waals surface area contributed by atoms with E-state index in [4.69, 9.17) is 11.6 Å². The fourth-order valence-corrected chi connectivity index (χ4v) is 3.85. The Kier molecular flexibility index (Phi) is 6.34. The molecule has 2 atom stereocenters. The van der Waals surface area contributed by atoms with Crippen molar-refractivity contribution in [3.05, 3.63) is 101 Å². The lowest BCUT2D eigenvalue weighted by molar-refractivity contribution is -0.0369. The zero-order valence-corrected chi connectivity index (χ0v) is 18.1. The second-order valence-electron chi connectivity index (χ2n) is 7.77. The van der Waals surface area contributed by atoms with Crippen LogP contribution in [0.15, 0.2) is 67.5 Å². The molecule has 0 spiro atoms. The van der Waals surface area contributed by atoms with Gasteiger partial charge in [0.15, 0.2) is 0 Å². The molecular formula is C23H22ClF2N5O. The molecule has 32 heavy (non-hydrogen) atoms. The number of hydrogen-bond donors (Lipinski definition) is 1. The predicted octanol–water partition coefficient (Wildman–Crippen LogP) is 4.34. The largest absolute Gasteiger partial charge is 0.381 e. The molecule has 4 rings (SSSR count). The summed E-state index contributed by atoms with van der Waals surface area (Å²) in [5.74, 6) is -1.56. The first kappa shape index (κ1) is 22.1. The average Bonchev–Trinajstić information content (AvgIpc) is 3.44. The molecule has 166 valence electrons. The topological polar surface area (TPSA) is 68.8 Å². The van der Waals surface area contributed by atoms with Gasteiger partial charge in [0, 0.05) is 22.8 Å². The molecule has 0 aliphatic heterocycles. The predicted molar refractivity (Wildman–Crippen MR) is 116 cm³/mol. The second kappa shape index (κ2) is 9.18. The van der Waals surface area contributed by atoms with Crippen molar-refractivity contribution < 1.29 is 13.9 Å². The van der Waals surface area contributed by atoms with Crippen molar-refractivity contribution in [2.75, 3.05) is 0 Å². The van der Waals surface area contributed by atoms with E-state index in [0.29, 0.717) is 5.02 Å². The van der Waals surface area contributed by atoms with Gasteiger partial charge in [-0.15, -0.1) is 0 Å². The van der Waals surface area contributed by atoms with Gasteiger partial charge < -0.3 is 5.11 Å². The van der Waals surface area contributed by atoms with E-state index in [1.54, 1.807) is 17.8 Å². The number of benzene rings is 2. The number of aliphatic hydroxyl groups is 1. The molecule has 0 bridgehead atoms. The highest BCUT2D eigenvalue weighted by molar-refractivity contribution is 6.30. The molecule has 0 unspecified atom stereocenters. The van der Waals surface area contributed by atoms with Gasteiger partial charge >= 0.3 is 0 Å². The Morgan fingerprint density at radius 1 is 1.06 bits per heavy atom. The fourth-order valence-electron chi connectivity index (χ4n) is 3.72. The van der Waals surface area contributed by atoms with Crippen molar-refractivity contribution in [2.45, 2.75) is 38.0 Å². The maximum absolute atomic E-state index is 14.7. The molecule has 9 heteroatoms. The van der Waals surface area contributed by atoms with Crippen LogP contribution in [0, 0.1) is 11.6 Å². The van der Waals surface area contributed by atoms with E-state index < -0.39 is 23.3 Å². The number of halogens is 3. The lowest BCUT2D eigenvalue weighted by Gasteiger charge is -2.34. The van der Waals surface area contributed by atoms with Crippen LogP contribution in [0.3, 0.4) is 0 Å². The van der Waals surface area contributed by atoms with Crippen molar-refractivity contribution in [3.63, 3.8) is 0 Å². The minimum atomic E-state index is -1.76. The highest BCUT2D eigenvalue weighted by atomic mass is 35.5. The molecule has 0 saturated heterocycles. The van der Waals surface area contributed by atoms with Crippen LogP contribution >= 0.6 is 11.6 Å². The average molecular weight is 458 g/mol. The molecule has 2 aromatic heterocycles. The van der Waals surface area contributed by atoms with E-state index in [0.717, 1.165) is 36.1 Å². The molecule has 0 saturated carbocycles. The van der Waals surface area contributed by atoms with Gasteiger partial charge in [-0.25, -0.2) is 18.4 Å². The van der Waals surface area contributed by atoms with Crippen molar-refractivity contribution in [3.8, 4) is 0 Å². The number of rotatable bonds is 8. The van der Waals surface area contributed by atoms with Gasteiger partial charge in [0.2, 0.25) is 0 Å². The first-order valence-corrected chi connectivity index (χ1v) is 10.5. The van der Waals surface area contributed by atoms with Gasteiger partial charge in [0.05, 0.1) is 18.8 Å². The normalized spacial score (nSPS) is 14.3. The van der Waals surface area contributed by atoms with Crippen LogP contribution in [0.2, 0.25) is 5.02 Å². The standard InChI is InChI=1S/C23H22ClF2N5O/c1-16(31-12-18(11-28-31)3-2-17-4-6-19(24)7-5-17)23(32,13-30-15-27-14-29-30)21-9-8-20(25)10-22(21)26/h4-12,14-16,32H,2-3,13H2,1H3/t16-,23-/m1/s1. The summed E-state index contributed by atoms with van der Waals surface area (Å²) in [5, 5.41) is 20.8. The first-order chi connectivity index (χ1) is 15.3. The van der Waals surface area contributed by atoms with Gasteiger partial charge in [0.25, 0.3) is 0 Å². The van der Waals surface area contributed by atoms with E-state index in [1.165, 1.54) is 23.4 Å². The molecule has 0 amide bonds. The zero-order chi connectivity index (χ0) is 22.7. The van der Waals surface area contributed by atoms with Gasteiger partial charge in [-0.1, -0.05) is 29.8 Å². The first-order valence-electron chi connectivity index (χ1n) is 10.1. The van der Waals surface area contributed by atoms with Crippen LogP contribution in [-0.2, 0) is 25.0 Å². The minimum Gasteiger partial charge on any atom is -0.381 e. The summed E-state index contributed by atoms with van der Waals surface area (Å²) in [7, 11) is 0. The summed E-state index contributed by atoms with van der Waals surface area (Å²) in [6.07, 6.45) is 7.85. The molecule has 2 aromatic carbocycles. The van der Waals surface area contributed by atoms with Gasteiger partial charge in [-0.3, -0.25) is 4.68 Å². The summed E-state index contributed by atoms with van der Waals surface area (Å²) >= 11 is 5.94. The van der Waals surface area contributed by atoms with E-state index in [-0.39, 0.29) is 12.1 Å². The Bertz CT molecular complexity index is 1180. The molecule has 6 nitrogen and oxygen atoms in total. The molecule has 1 N–H and O–H groups in total. The van der Waals surface area contributed by atoms with E-state index >= 15 is 0 Å². The molecular weight excluding hydrogens is 436 g/mol. The third-order valence-corrected chi connectivity index (χ3v) is 5.88. The molecule has 0 radical (unpaired) electrons. The third-order valence-electron chi connectivity index (χ3n) is 5.63. The maximum atomic E-state index is 14.7. The number of nitrogens with zero attached hydrogens (tertiary/aromatic N) is 5. The molecule has 0 aliphatic carbocycles. The van der Waals surface area contributed by atoms with E-state index in [9.17, 15) is 13.9 Å². The summed E-state index contributed by atoms with van der Waals surface area (Å²) in [4.78, 5) is 3.89. The lowest BCUT2D eigenvalue weighted by atomic mass is 9.86. The number of hydrogen-bond acceptors (Lipinski definition) is 4. The lowest BCUT2D eigenvalue weighted by Crippen LogP contribution is -2.40. The fraction of sp³-hybridized carbons (Fsp3) is 0.261. The Morgan fingerprint density at radius 3 is 2.50 bits per heavy atom. The Morgan fingerprint density at radius 2 is 1.81 bits per heavy atom. The minimum absolute atomic E-state index is 0.0416. The van der Waals surface area contributed by atoms with Crippen molar-refractivity contribution in [1.29, 1.82) is 0 Å². The van der Waals surface area contributed by atoms with Crippen LogP contribution in [-0.4, -0.2) is 29.7 Å². The van der Waals surface area contributed by atoms with Crippen LogP contribution in [0.4, 0.5) is 8.78 Å². The monoisotopic (exact) mass is 457 g/mol. The molecule has 2 heterocycles. The zero-order valence-electron chi connectivity index (χ0n) is 17.4. The summed E-state index contributed by atoms with van der Waals surface area (Å²) < 4.78 is 31.2.